The van der Waals surface area contributed by atoms with E-state index in [0.29, 0.717) is 0 Å². The Hall–Kier alpha value is -2.55. The van der Waals surface area contributed by atoms with Gasteiger partial charge in [0.2, 0.25) is 0 Å². The van der Waals surface area contributed by atoms with Gasteiger partial charge in [0.1, 0.15) is 0 Å². The SMILES string of the molecule is C=C/C=C(\C=C)C1(C)CCCC(C)(/C(C=C)=C/C=C)C1.C=CC.CC.CC.CC.COC(=O)OC. The van der Waals surface area contributed by atoms with Crippen molar-refractivity contribution in [3.63, 3.8) is 0 Å². The molecule has 0 N–H and O–H groups in total. The van der Waals surface area contributed by atoms with E-state index in [4.69, 9.17) is 0 Å². The van der Waals surface area contributed by atoms with E-state index in [2.05, 4.69) is 68.4 Å². The molecule has 0 bridgehead atoms. The van der Waals surface area contributed by atoms with Gasteiger partial charge in [-0.05, 0) is 48.2 Å². The first-order chi connectivity index (χ1) is 16.7. The quantitative estimate of drug-likeness (QED) is 0.211. The fourth-order valence-electron chi connectivity index (χ4n) is 3.77. The molecule has 0 aromatic rings. The van der Waals surface area contributed by atoms with E-state index in [1.807, 2.05) is 72.8 Å². The van der Waals surface area contributed by atoms with Gasteiger partial charge in [-0.1, -0.05) is 131 Å². The minimum Gasteiger partial charge on any atom is -0.438 e. The molecule has 1 saturated carbocycles. The second-order valence-electron chi connectivity index (χ2n) is 7.34. The van der Waals surface area contributed by atoms with Crippen molar-refractivity contribution in [1.29, 1.82) is 0 Å². The number of methoxy groups -OCH3 is 2. The third kappa shape index (κ3) is 19.4. The summed E-state index contributed by atoms with van der Waals surface area (Å²) in [6.45, 7) is 37.6. The van der Waals surface area contributed by atoms with Crippen molar-refractivity contribution in [3.8, 4) is 0 Å². The third-order valence-corrected chi connectivity index (χ3v) is 5.00. The van der Waals surface area contributed by atoms with Gasteiger partial charge in [0.15, 0.2) is 0 Å². The molecule has 35 heavy (non-hydrogen) atoms. The molecule has 2 atom stereocenters. The summed E-state index contributed by atoms with van der Waals surface area (Å²) in [6.07, 6.45) is 17.7. The van der Waals surface area contributed by atoms with Crippen LogP contribution in [-0.2, 0) is 9.47 Å². The maximum absolute atomic E-state index is 9.74. The molecule has 1 aliphatic carbocycles. The molecule has 0 saturated heterocycles. The number of hydrogen-bond donors (Lipinski definition) is 0. The topological polar surface area (TPSA) is 35.5 Å². The second kappa shape index (κ2) is 29.5. The van der Waals surface area contributed by atoms with Gasteiger partial charge in [0.25, 0.3) is 0 Å². The third-order valence-electron chi connectivity index (χ3n) is 5.00. The summed E-state index contributed by atoms with van der Waals surface area (Å²) in [6, 6.07) is 0. The summed E-state index contributed by atoms with van der Waals surface area (Å²) in [4.78, 5) is 9.74. The van der Waals surface area contributed by atoms with E-state index < -0.39 is 6.16 Å². The molecule has 0 heterocycles. The molecule has 1 rings (SSSR count). The maximum atomic E-state index is 9.74. The van der Waals surface area contributed by atoms with E-state index in [-0.39, 0.29) is 10.8 Å². The molecule has 1 fully saturated rings. The van der Waals surface area contributed by atoms with Gasteiger partial charge >= 0.3 is 6.16 Å². The molecule has 1 aliphatic rings. The van der Waals surface area contributed by atoms with Crippen LogP contribution in [-0.4, -0.2) is 20.4 Å². The molecule has 3 nitrogen and oxygen atoms in total. The van der Waals surface area contributed by atoms with Crippen LogP contribution in [0, 0.1) is 10.8 Å². The average molecular weight is 491 g/mol. The smallest absolute Gasteiger partial charge is 0.438 e. The molecule has 0 aromatic carbocycles. The van der Waals surface area contributed by atoms with Gasteiger partial charge < -0.3 is 9.47 Å². The van der Waals surface area contributed by atoms with E-state index in [1.165, 1.54) is 44.6 Å². The lowest BCUT2D eigenvalue weighted by atomic mass is 9.58. The summed E-state index contributed by atoms with van der Waals surface area (Å²) in [5.74, 6) is 0. The van der Waals surface area contributed by atoms with Gasteiger partial charge in [-0.3, -0.25) is 0 Å². The molecule has 204 valence electrons. The molecule has 2 unspecified atom stereocenters. The molecule has 0 aliphatic heterocycles. The largest absolute Gasteiger partial charge is 0.507 e. The normalized spacial score (nSPS) is 20.1. The molecule has 0 radical (unpaired) electrons. The Balaban J connectivity index is -0.000000166. The predicted octanol–water partition coefficient (Wildman–Crippen LogP) is 10.8. The Morgan fingerprint density at radius 2 is 1.00 bits per heavy atom. The Morgan fingerprint density at radius 1 is 0.714 bits per heavy atom. The Kier molecular flexibility index (Phi) is 35.9. The van der Waals surface area contributed by atoms with Crippen LogP contribution >= 0.6 is 0 Å². The average Bonchev–Trinajstić information content (AvgIpc) is 2.89. The van der Waals surface area contributed by atoms with Gasteiger partial charge in [-0.25, -0.2) is 4.79 Å². The molecule has 3 heteroatoms. The predicted molar refractivity (Wildman–Crippen MR) is 161 cm³/mol. The number of carbonyl (C=O) groups excluding carboxylic acids is 1. The number of rotatable bonds is 6. The standard InChI is InChI=1S/C20H28.C3H6O3.C3H6.3C2H6/c1-7-12-17(9-3)19(5)14-11-15-20(6,16-19)18(10-4)13-8-2;1-5-3(4)6-2;1-3-2;3*1-2/h7-10,12-13H,1-4,11,14-16H2,5-6H3;1-2H3;3H,1H2,2H3;3*1-2H3/b17-12+,18-13+;;;;;. The molecule has 0 amide bonds. The minimum atomic E-state index is -0.657. The zero-order valence-electron chi connectivity index (χ0n) is 25.1. The van der Waals surface area contributed by atoms with E-state index in [9.17, 15) is 4.79 Å². The molecule has 0 spiro atoms. The van der Waals surface area contributed by atoms with Gasteiger partial charge in [-0.15, -0.1) is 6.58 Å². The van der Waals surface area contributed by atoms with Crippen LogP contribution in [0.15, 0.2) is 86.6 Å². The molecular formula is C32H58O3. The Bertz CT molecular complexity index is 577. The molecule has 0 aromatic heterocycles. The van der Waals surface area contributed by atoms with Crippen LogP contribution in [0.4, 0.5) is 4.79 Å². The fraction of sp³-hybridized carbons (Fsp3) is 0.531. The first-order valence-electron chi connectivity index (χ1n) is 12.8. The van der Waals surface area contributed by atoms with E-state index in [1.54, 1.807) is 6.08 Å². The zero-order valence-corrected chi connectivity index (χ0v) is 25.1. The lowest BCUT2D eigenvalue weighted by Crippen LogP contribution is -2.34. The van der Waals surface area contributed by atoms with Crippen LogP contribution in [0.25, 0.3) is 0 Å². The monoisotopic (exact) mass is 490 g/mol. The van der Waals surface area contributed by atoms with Crippen molar-refractivity contribution in [2.24, 2.45) is 10.8 Å². The van der Waals surface area contributed by atoms with E-state index in [0.717, 1.165) is 6.42 Å². The highest BCUT2D eigenvalue weighted by atomic mass is 16.7. The maximum Gasteiger partial charge on any atom is 0.507 e. The highest BCUT2D eigenvalue weighted by Crippen LogP contribution is 2.53. The van der Waals surface area contributed by atoms with E-state index >= 15 is 0 Å². The van der Waals surface area contributed by atoms with Gasteiger partial charge in [0.05, 0.1) is 14.2 Å². The van der Waals surface area contributed by atoms with Crippen molar-refractivity contribution in [2.45, 2.75) is 88.0 Å². The second-order valence-corrected chi connectivity index (χ2v) is 7.34. The summed E-state index contributed by atoms with van der Waals surface area (Å²) >= 11 is 0. The summed E-state index contributed by atoms with van der Waals surface area (Å²) in [7, 11) is 2.51. The van der Waals surface area contributed by atoms with Crippen LogP contribution in [0.2, 0.25) is 0 Å². The number of allylic oxidation sites excluding steroid dienone is 9. The highest BCUT2D eigenvalue weighted by molar-refractivity contribution is 5.59. The first-order valence-corrected chi connectivity index (χ1v) is 12.8. The van der Waals surface area contributed by atoms with Crippen LogP contribution in [0.5, 0.6) is 0 Å². The van der Waals surface area contributed by atoms with Gasteiger partial charge in [0, 0.05) is 0 Å². The summed E-state index contributed by atoms with van der Waals surface area (Å²) < 4.78 is 8.08. The lowest BCUT2D eigenvalue weighted by Gasteiger charge is -2.46. The Morgan fingerprint density at radius 3 is 1.17 bits per heavy atom. The van der Waals surface area contributed by atoms with Crippen molar-refractivity contribution in [3.05, 3.63) is 86.6 Å². The number of hydrogen-bond acceptors (Lipinski definition) is 3. The lowest BCUT2D eigenvalue weighted by molar-refractivity contribution is 0.0924. The highest BCUT2D eigenvalue weighted by Gasteiger charge is 2.41. The van der Waals surface area contributed by atoms with Crippen molar-refractivity contribution < 1.29 is 14.3 Å². The van der Waals surface area contributed by atoms with Crippen molar-refractivity contribution in [1.82, 2.24) is 0 Å². The van der Waals surface area contributed by atoms with Crippen LogP contribution in [0.1, 0.15) is 88.0 Å². The minimum absolute atomic E-state index is 0.159. The number of ether oxygens (including phenoxy) is 2. The zero-order chi connectivity index (χ0) is 28.9. The van der Waals surface area contributed by atoms with Crippen LogP contribution < -0.4 is 0 Å². The van der Waals surface area contributed by atoms with Crippen molar-refractivity contribution in [2.75, 3.05) is 14.2 Å². The Labute approximate surface area is 220 Å². The first kappa shape index (κ1) is 42.6. The van der Waals surface area contributed by atoms with Crippen LogP contribution in [0.3, 0.4) is 0 Å². The summed E-state index contributed by atoms with van der Waals surface area (Å²) in [5.41, 5.74) is 2.90. The van der Waals surface area contributed by atoms with Gasteiger partial charge in [-0.2, -0.15) is 0 Å². The summed E-state index contributed by atoms with van der Waals surface area (Å²) in [5, 5.41) is 0. The number of carbonyl (C=O) groups is 1. The molecular weight excluding hydrogens is 432 g/mol. The fourth-order valence-corrected chi connectivity index (χ4v) is 3.77. The van der Waals surface area contributed by atoms with Crippen molar-refractivity contribution >= 4 is 6.16 Å².